The maximum Gasteiger partial charge on any atom is 0.271 e. The van der Waals surface area contributed by atoms with Crippen LogP contribution in [0.1, 0.15) is 54.6 Å². The molecule has 0 saturated heterocycles. The van der Waals surface area contributed by atoms with Crippen LogP contribution in [-0.4, -0.2) is 27.0 Å². The average molecular weight is 321 g/mol. The van der Waals surface area contributed by atoms with Crippen LogP contribution in [0.4, 0.5) is 0 Å². The SMILES string of the molecule is Cc1cc(Cl)nn2c(C(=O)NCCCCC3CCC3)cnc12. The van der Waals surface area contributed by atoms with Crippen LogP contribution in [0.2, 0.25) is 5.15 Å². The molecule has 1 fully saturated rings. The molecule has 0 radical (unpaired) electrons. The van der Waals surface area contributed by atoms with E-state index >= 15 is 0 Å². The minimum atomic E-state index is -0.148. The molecule has 118 valence electrons. The lowest BCUT2D eigenvalue weighted by Crippen LogP contribution is -2.26. The van der Waals surface area contributed by atoms with Crippen LogP contribution in [0.25, 0.3) is 5.65 Å². The molecular formula is C16H21ClN4O. The number of aromatic nitrogens is 3. The maximum absolute atomic E-state index is 12.3. The highest BCUT2D eigenvalue weighted by Gasteiger charge is 2.17. The quantitative estimate of drug-likeness (QED) is 0.830. The zero-order valence-electron chi connectivity index (χ0n) is 12.8. The fourth-order valence-corrected chi connectivity index (χ4v) is 3.11. The minimum Gasteiger partial charge on any atom is -0.351 e. The molecule has 0 unspecified atom stereocenters. The fourth-order valence-electron chi connectivity index (χ4n) is 2.87. The summed E-state index contributed by atoms with van der Waals surface area (Å²) in [6.45, 7) is 2.59. The first-order valence-electron chi connectivity index (χ1n) is 7.94. The van der Waals surface area contributed by atoms with Gasteiger partial charge in [0.2, 0.25) is 0 Å². The first kappa shape index (κ1) is 15.3. The highest BCUT2D eigenvalue weighted by atomic mass is 35.5. The van der Waals surface area contributed by atoms with E-state index in [9.17, 15) is 4.79 Å². The smallest absolute Gasteiger partial charge is 0.271 e. The molecule has 1 aliphatic carbocycles. The monoisotopic (exact) mass is 320 g/mol. The molecule has 1 aliphatic rings. The number of carbonyl (C=O) groups excluding carboxylic acids is 1. The lowest BCUT2D eigenvalue weighted by molar-refractivity contribution is 0.0945. The summed E-state index contributed by atoms with van der Waals surface area (Å²) < 4.78 is 1.52. The van der Waals surface area contributed by atoms with Crippen molar-refractivity contribution in [3.63, 3.8) is 0 Å². The topological polar surface area (TPSA) is 59.3 Å². The molecule has 2 aromatic rings. The number of imidazole rings is 1. The van der Waals surface area contributed by atoms with Gasteiger partial charge in [-0.15, -0.1) is 0 Å². The van der Waals surface area contributed by atoms with Crippen molar-refractivity contribution < 1.29 is 4.79 Å². The summed E-state index contributed by atoms with van der Waals surface area (Å²) in [6, 6.07) is 1.74. The second kappa shape index (κ2) is 6.65. The molecule has 0 bridgehead atoms. The van der Waals surface area contributed by atoms with Crippen molar-refractivity contribution in [2.75, 3.05) is 6.54 Å². The number of hydrogen-bond donors (Lipinski definition) is 1. The van der Waals surface area contributed by atoms with Gasteiger partial charge in [0.15, 0.2) is 11.3 Å². The number of nitrogens with zero attached hydrogens (tertiary/aromatic N) is 3. The van der Waals surface area contributed by atoms with Gasteiger partial charge in [0, 0.05) is 6.54 Å². The third-order valence-electron chi connectivity index (χ3n) is 4.40. The third kappa shape index (κ3) is 3.24. The van der Waals surface area contributed by atoms with Crippen molar-refractivity contribution in [2.24, 2.45) is 5.92 Å². The molecule has 0 atom stereocenters. The second-order valence-electron chi connectivity index (χ2n) is 6.08. The zero-order chi connectivity index (χ0) is 15.5. The number of nitrogens with one attached hydrogen (secondary N) is 1. The summed E-state index contributed by atoms with van der Waals surface area (Å²) in [5.41, 5.74) is 2.00. The van der Waals surface area contributed by atoms with E-state index in [2.05, 4.69) is 15.4 Å². The molecule has 2 aromatic heterocycles. The van der Waals surface area contributed by atoms with Crippen LogP contribution >= 0.6 is 11.6 Å². The Bertz CT molecular complexity index is 678. The predicted molar refractivity (Wildman–Crippen MR) is 86.3 cm³/mol. The molecule has 6 heteroatoms. The van der Waals surface area contributed by atoms with Crippen molar-refractivity contribution in [3.05, 3.63) is 28.7 Å². The van der Waals surface area contributed by atoms with E-state index in [1.54, 1.807) is 12.3 Å². The van der Waals surface area contributed by atoms with Gasteiger partial charge >= 0.3 is 0 Å². The van der Waals surface area contributed by atoms with Gasteiger partial charge in [0.05, 0.1) is 6.20 Å². The van der Waals surface area contributed by atoms with Gasteiger partial charge in [0.1, 0.15) is 5.15 Å². The Morgan fingerprint density at radius 3 is 3.00 bits per heavy atom. The Labute approximate surface area is 135 Å². The summed E-state index contributed by atoms with van der Waals surface area (Å²) in [4.78, 5) is 16.5. The average Bonchev–Trinajstić information content (AvgIpc) is 2.84. The normalized spacial score (nSPS) is 15.0. The number of rotatable bonds is 6. The maximum atomic E-state index is 12.3. The molecule has 22 heavy (non-hydrogen) atoms. The van der Waals surface area contributed by atoms with Gasteiger partial charge in [-0.25, -0.2) is 9.50 Å². The van der Waals surface area contributed by atoms with E-state index in [1.807, 2.05) is 6.92 Å². The largest absolute Gasteiger partial charge is 0.351 e. The Hall–Kier alpha value is -1.62. The molecule has 3 rings (SSSR count). The number of aryl methyl sites for hydroxylation is 1. The van der Waals surface area contributed by atoms with Crippen molar-refractivity contribution in [1.82, 2.24) is 19.9 Å². The van der Waals surface area contributed by atoms with Gasteiger partial charge in [0.25, 0.3) is 5.91 Å². The van der Waals surface area contributed by atoms with E-state index < -0.39 is 0 Å². The van der Waals surface area contributed by atoms with Crippen LogP contribution in [0.3, 0.4) is 0 Å². The highest BCUT2D eigenvalue weighted by molar-refractivity contribution is 6.29. The van der Waals surface area contributed by atoms with Crippen molar-refractivity contribution in [3.8, 4) is 0 Å². The van der Waals surface area contributed by atoms with Crippen molar-refractivity contribution in [2.45, 2.75) is 45.4 Å². The van der Waals surface area contributed by atoms with E-state index in [0.29, 0.717) is 23.0 Å². The van der Waals surface area contributed by atoms with Gasteiger partial charge in [-0.1, -0.05) is 43.7 Å². The van der Waals surface area contributed by atoms with E-state index in [-0.39, 0.29) is 5.91 Å². The van der Waals surface area contributed by atoms with Crippen LogP contribution < -0.4 is 5.32 Å². The fraction of sp³-hybridized carbons (Fsp3) is 0.562. The number of unbranched alkanes of at least 4 members (excludes halogenated alkanes) is 1. The number of carbonyl (C=O) groups is 1. The molecular weight excluding hydrogens is 300 g/mol. The standard InChI is InChI=1S/C16H21ClN4O/c1-11-9-14(17)20-21-13(10-19-15(11)21)16(22)18-8-3-2-5-12-6-4-7-12/h9-10,12H,2-8H2,1H3,(H,18,22). The number of halogens is 1. The predicted octanol–water partition coefficient (Wildman–Crippen LogP) is 3.39. The molecule has 0 aromatic carbocycles. The molecule has 5 nitrogen and oxygen atoms in total. The van der Waals surface area contributed by atoms with Crippen LogP contribution in [-0.2, 0) is 0 Å². The summed E-state index contributed by atoms with van der Waals surface area (Å²) in [5, 5.41) is 7.46. The molecule has 1 amide bonds. The summed E-state index contributed by atoms with van der Waals surface area (Å²) in [6.07, 6.45) is 9.22. The molecule has 2 heterocycles. The summed E-state index contributed by atoms with van der Waals surface area (Å²) in [5.74, 6) is 0.786. The Morgan fingerprint density at radius 2 is 2.27 bits per heavy atom. The van der Waals surface area contributed by atoms with Crippen molar-refractivity contribution in [1.29, 1.82) is 0 Å². The Balaban J connectivity index is 1.55. The zero-order valence-corrected chi connectivity index (χ0v) is 13.6. The Morgan fingerprint density at radius 1 is 1.45 bits per heavy atom. The molecule has 1 N–H and O–H groups in total. The van der Waals surface area contributed by atoms with E-state index in [0.717, 1.165) is 17.9 Å². The van der Waals surface area contributed by atoms with Gasteiger partial charge in [-0.05, 0) is 30.9 Å². The number of fused-ring (bicyclic) bond motifs is 1. The van der Waals surface area contributed by atoms with E-state index in [1.165, 1.54) is 36.6 Å². The third-order valence-corrected chi connectivity index (χ3v) is 4.59. The number of hydrogen-bond acceptors (Lipinski definition) is 3. The summed E-state index contributed by atoms with van der Waals surface area (Å²) >= 11 is 5.96. The molecule has 0 aliphatic heterocycles. The number of amides is 1. The van der Waals surface area contributed by atoms with Crippen LogP contribution in [0, 0.1) is 12.8 Å². The Kier molecular flexibility index (Phi) is 4.62. The molecule has 1 saturated carbocycles. The first-order valence-corrected chi connectivity index (χ1v) is 8.32. The van der Waals surface area contributed by atoms with E-state index in [4.69, 9.17) is 11.6 Å². The van der Waals surface area contributed by atoms with Crippen molar-refractivity contribution >= 4 is 23.2 Å². The van der Waals surface area contributed by atoms with Crippen LogP contribution in [0.15, 0.2) is 12.3 Å². The molecule has 0 spiro atoms. The van der Waals surface area contributed by atoms with Gasteiger partial charge in [-0.3, -0.25) is 4.79 Å². The van der Waals surface area contributed by atoms with Gasteiger partial charge < -0.3 is 5.32 Å². The second-order valence-corrected chi connectivity index (χ2v) is 6.46. The summed E-state index contributed by atoms with van der Waals surface area (Å²) in [7, 11) is 0. The first-order chi connectivity index (χ1) is 10.6. The van der Waals surface area contributed by atoms with Gasteiger partial charge in [-0.2, -0.15) is 5.10 Å². The van der Waals surface area contributed by atoms with Crippen LogP contribution in [0.5, 0.6) is 0 Å². The highest BCUT2D eigenvalue weighted by Crippen LogP contribution is 2.30. The lowest BCUT2D eigenvalue weighted by Gasteiger charge is -2.24. The minimum absolute atomic E-state index is 0.148. The lowest BCUT2D eigenvalue weighted by atomic mass is 9.82.